The van der Waals surface area contributed by atoms with Crippen LogP contribution in [0.1, 0.15) is 65.2 Å². The maximum Gasteiger partial charge on any atom is 0.245 e. The van der Waals surface area contributed by atoms with Crippen LogP contribution in [0.3, 0.4) is 0 Å². The summed E-state index contributed by atoms with van der Waals surface area (Å²) in [6.07, 6.45) is 13.9. The van der Waals surface area contributed by atoms with Gasteiger partial charge in [-0.25, -0.2) is 0 Å². The number of allylic oxidation sites excluding steroid dienone is 4. The Bertz CT molecular complexity index is 1170. The number of carbonyl (C=O) groups is 6. The fraction of sp³-hybridized carbons (Fsp3) is 0.706. The van der Waals surface area contributed by atoms with E-state index in [0.29, 0.717) is 12.8 Å². The average Bonchev–Trinajstić information content (AvgIpc) is 3.88. The maximum atomic E-state index is 14.0. The molecule has 3 heterocycles. The summed E-state index contributed by atoms with van der Waals surface area (Å²) in [4.78, 5) is 88.1. The fourth-order valence-corrected chi connectivity index (χ4v) is 9.55. The van der Waals surface area contributed by atoms with Gasteiger partial charge in [-0.15, -0.1) is 0 Å². The highest BCUT2D eigenvalue weighted by molar-refractivity contribution is 6.10. The molecule has 7 aliphatic rings. The lowest BCUT2D eigenvalue weighted by atomic mass is 9.85. The summed E-state index contributed by atoms with van der Waals surface area (Å²) >= 11 is 0. The van der Waals surface area contributed by atoms with Crippen molar-refractivity contribution in [3.8, 4) is 0 Å². The summed E-state index contributed by atoms with van der Waals surface area (Å²) in [5, 5.41) is 0. The standard InChI is InChI=1S/C34H44N4O6/c1-3-5-7-23(37-31(41)25-19-9-10-20(17-19)26(25)32(37)42)29(39)35-13-15-36(16-14-35)30(40)24(8-6-4-2)38-33(43)27-21-11-12-22(18-21)28(27)34(38)44/h9-12,19-28H,3-8,13-18H2,1-2H3/t19-,20-,21-,22-,23-,24+,25+,26+,27-,28+/m0/s1. The van der Waals surface area contributed by atoms with Crippen LogP contribution in [0.25, 0.3) is 0 Å². The lowest BCUT2D eigenvalue weighted by Crippen LogP contribution is -2.59. The lowest BCUT2D eigenvalue weighted by Gasteiger charge is -2.40. The monoisotopic (exact) mass is 604 g/mol. The number of piperazine rings is 1. The van der Waals surface area contributed by atoms with Crippen molar-refractivity contribution < 1.29 is 28.8 Å². The minimum atomic E-state index is -0.817. The van der Waals surface area contributed by atoms with Crippen molar-refractivity contribution >= 4 is 35.4 Å². The van der Waals surface area contributed by atoms with Gasteiger partial charge in [0.2, 0.25) is 35.4 Å². The Labute approximate surface area is 258 Å². The molecule has 0 spiro atoms. The Morgan fingerprint density at radius 3 is 1.16 bits per heavy atom. The molecule has 7 rings (SSSR count). The van der Waals surface area contributed by atoms with Crippen molar-refractivity contribution in [3.05, 3.63) is 24.3 Å². The largest absolute Gasteiger partial charge is 0.337 e. The molecule has 0 aromatic carbocycles. The average molecular weight is 605 g/mol. The van der Waals surface area contributed by atoms with Crippen LogP contribution < -0.4 is 0 Å². The van der Waals surface area contributed by atoms with E-state index in [4.69, 9.17) is 0 Å². The molecule has 0 radical (unpaired) electrons. The van der Waals surface area contributed by atoms with E-state index >= 15 is 0 Å². The van der Waals surface area contributed by atoms with Gasteiger partial charge in [-0.05, 0) is 49.4 Å². The van der Waals surface area contributed by atoms with Gasteiger partial charge < -0.3 is 9.80 Å². The first kappa shape index (κ1) is 29.4. The van der Waals surface area contributed by atoms with Gasteiger partial charge in [0.1, 0.15) is 12.1 Å². The highest BCUT2D eigenvalue weighted by Gasteiger charge is 2.62. The van der Waals surface area contributed by atoms with Crippen molar-refractivity contribution in [1.82, 2.24) is 19.6 Å². The lowest BCUT2D eigenvalue weighted by molar-refractivity contribution is -0.156. The number of likely N-dealkylation sites (tertiary alicyclic amines) is 2. The van der Waals surface area contributed by atoms with Crippen molar-refractivity contribution in [2.75, 3.05) is 26.2 Å². The zero-order chi connectivity index (χ0) is 30.9. The second kappa shape index (κ2) is 11.2. The van der Waals surface area contributed by atoms with Crippen molar-refractivity contribution in [3.63, 3.8) is 0 Å². The van der Waals surface area contributed by atoms with Gasteiger partial charge in [-0.1, -0.05) is 63.8 Å². The van der Waals surface area contributed by atoms with E-state index in [9.17, 15) is 28.8 Å². The highest BCUT2D eigenvalue weighted by atomic mass is 16.2. The third kappa shape index (κ3) is 4.33. The zero-order valence-corrected chi connectivity index (χ0v) is 25.8. The Balaban J connectivity index is 1.03. The van der Waals surface area contributed by atoms with Crippen molar-refractivity contribution in [2.24, 2.45) is 47.3 Å². The molecule has 4 bridgehead atoms. The summed E-state index contributed by atoms with van der Waals surface area (Å²) in [6.45, 7) is 5.18. The van der Waals surface area contributed by atoms with Gasteiger partial charge in [-0.2, -0.15) is 0 Å². The van der Waals surface area contributed by atoms with E-state index in [1.54, 1.807) is 9.80 Å². The third-order valence-electron chi connectivity index (χ3n) is 11.8. The number of amides is 6. The normalized spacial score (nSPS) is 36.2. The zero-order valence-electron chi connectivity index (χ0n) is 25.8. The van der Waals surface area contributed by atoms with Crippen LogP contribution >= 0.6 is 0 Å². The second-order valence-corrected chi connectivity index (χ2v) is 14.1. The highest BCUT2D eigenvalue weighted by Crippen LogP contribution is 2.54. The molecule has 0 aromatic heterocycles. The summed E-state index contributed by atoms with van der Waals surface area (Å²) in [7, 11) is 0. The van der Waals surface area contributed by atoms with E-state index in [0.717, 1.165) is 38.5 Å². The quantitative estimate of drug-likeness (QED) is 0.279. The Hall–Kier alpha value is -3.30. The Kier molecular flexibility index (Phi) is 7.52. The molecule has 0 N–H and O–H groups in total. The van der Waals surface area contributed by atoms with E-state index < -0.39 is 12.1 Å². The topological polar surface area (TPSA) is 115 Å². The second-order valence-electron chi connectivity index (χ2n) is 14.1. The van der Waals surface area contributed by atoms with Crippen LogP contribution in [-0.4, -0.2) is 93.3 Å². The van der Waals surface area contributed by atoms with Gasteiger partial charge in [0.15, 0.2) is 0 Å². The first-order chi connectivity index (χ1) is 21.3. The summed E-state index contributed by atoms with van der Waals surface area (Å²) in [5.41, 5.74) is 0. The molecule has 2 saturated carbocycles. The van der Waals surface area contributed by atoms with Gasteiger partial charge >= 0.3 is 0 Å². The first-order valence-electron chi connectivity index (χ1n) is 16.9. The van der Waals surface area contributed by atoms with Crippen molar-refractivity contribution in [2.45, 2.75) is 77.3 Å². The van der Waals surface area contributed by atoms with E-state index in [2.05, 4.69) is 24.3 Å². The Morgan fingerprint density at radius 2 is 0.886 bits per heavy atom. The van der Waals surface area contributed by atoms with Gasteiger partial charge in [0.05, 0.1) is 23.7 Å². The first-order valence-corrected chi connectivity index (χ1v) is 16.9. The molecule has 6 amide bonds. The molecule has 0 aromatic rings. The molecule has 10 heteroatoms. The molecule has 0 unspecified atom stereocenters. The van der Waals surface area contributed by atoms with Crippen molar-refractivity contribution in [1.29, 1.82) is 0 Å². The minimum absolute atomic E-state index is 0.0870. The molecule has 236 valence electrons. The SMILES string of the molecule is CCCC[C@H](C(=O)N1CCN(C(=O)[C@H](CCCC)N2C(=O)[C@H]3[C@H](C2=O)[C@H]2C=C[C@H]3C2)CC1)N1C(=O)[C@@H]2[C@H](C1=O)[C@H]1C=C[C@H]2C1. The van der Waals surface area contributed by atoms with E-state index in [1.165, 1.54) is 9.80 Å². The number of fused-ring (bicyclic) bond motifs is 10. The van der Waals surface area contributed by atoms with Gasteiger partial charge in [0.25, 0.3) is 0 Å². The maximum absolute atomic E-state index is 14.0. The molecule has 4 aliphatic carbocycles. The molecule has 10 nitrogen and oxygen atoms in total. The third-order valence-corrected chi connectivity index (χ3v) is 11.8. The molecule has 3 aliphatic heterocycles. The molecule has 44 heavy (non-hydrogen) atoms. The number of unbranched alkanes of at least 4 members (excludes halogenated alkanes) is 2. The van der Waals surface area contributed by atoms with Crippen LogP contribution in [0.15, 0.2) is 24.3 Å². The van der Waals surface area contributed by atoms with E-state index in [1.807, 2.05) is 13.8 Å². The smallest absolute Gasteiger partial charge is 0.245 e. The van der Waals surface area contributed by atoms with E-state index in [-0.39, 0.29) is 109 Å². The van der Waals surface area contributed by atoms with Crippen LogP contribution in [0.4, 0.5) is 0 Å². The predicted octanol–water partition coefficient (Wildman–Crippen LogP) is 2.39. The number of nitrogens with zero attached hydrogens (tertiary/aromatic N) is 4. The summed E-state index contributed by atoms with van der Waals surface area (Å²) in [6, 6.07) is -1.63. The molecular weight excluding hydrogens is 560 g/mol. The van der Waals surface area contributed by atoms with Crippen LogP contribution in [0.2, 0.25) is 0 Å². The fourth-order valence-electron chi connectivity index (χ4n) is 9.55. The number of hydrogen-bond donors (Lipinski definition) is 0. The predicted molar refractivity (Wildman–Crippen MR) is 159 cm³/mol. The van der Waals surface area contributed by atoms with Gasteiger partial charge in [-0.3, -0.25) is 38.6 Å². The Morgan fingerprint density at radius 1 is 0.591 bits per heavy atom. The van der Waals surface area contributed by atoms with Crippen LogP contribution in [0.5, 0.6) is 0 Å². The summed E-state index contributed by atoms with van der Waals surface area (Å²) < 4.78 is 0. The van der Waals surface area contributed by atoms with Crippen LogP contribution in [0, 0.1) is 47.3 Å². The van der Waals surface area contributed by atoms with Crippen LogP contribution in [-0.2, 0) is 28.8 Å². The molecule has 10 atom stereocenters. The number of carbonyl (C=O) groups excluding carboxylic acids is 6. The molecular formula is C34H44N4O6. The van der Waals surface area contributed by atoms with Gasteiger partial charge in [0, 0.05) is 26.2 Å². The molecule has 3 saturated heterocycles. The number of hydrogen-bond acceptors (Lipinski definition) is 6. The number of rotatable bonds is 10. The minimum Gasteiger partial charge on any atom is -0.337 e. The summed E-state index contributed by atoms with van der Waals surface area (Å²) in [5.74, 6) is -2.28. The molecule has 5 fully saturated rings. The number of imide groups is 2.